The molecule has 0 aliphatic heterocycles. The predicted octanol–water partition coefficient (Wildman–Crippen LogP) is 2.42. The number of rotatable bonds is 10. The van der Waals surface area contributed by atoms with E-state index >= 15 is 0 Å². The number of anilines is 1. The van der Waals surface area contributed by atoms with Gasteiger partial charge in [-0.15, -0.1) is 0 Å². The summed E-state index contributed by atoms with van der Waals surface area (Å²) in [5.41, 5.74) is 10.8. The number of aromatic nitrogens is 3. The van der Waals surface area contributed by atoms with Crippen molar-refractivity contribution in [2.45, 2.75) is 45.8 Å². The van der Waals surface area contributed by atoms with E-state index in [0.717, 1.165) is 5.52 Å². The maximum Gasteiger partial charge on any atom is 0.404 e. The summed E-state index contributed by atoms with van der Waals surface area (Å²) in [6, 6.07) is 8.91. The third kappa shape index (κ3) is 9.51. The molecule has 0 saturated heterocycles. The summed E-state index contributed by atoms with van der Waals surface area (Å²) >= 11 is 0. The molecule has 0 aliphatic carbocycles. The van der Waals surface area contributed by atoms with Gasteiger partial charge in [-0.25, -0.2) is 9.78 Å². The first kappa shape index (κ1) is 28.6. The lowest BCUT2D eigenvalue weighted by atomic mass is 10.2. The number of fused-ring (bicyclic) bond motifs is 1. The number of benzene rings is 1. The fourth-order valence-corrected chi connectivity index (χ4v) is 3.19. The molecule has 12 heteroatoms. The van der Waals surface area contributed by atoms with Crippen molar-refractivity contribution in [3.63, 3.8) is 0 Å². The summed E-state index contributed by atoms with van der Waals surface area (Å²) in [4.78, 5) is 52.8. The summed E-state index contributed by atoms with van der Waals surface area (Å²) in [5.74, 6) is 0.490. The predicted molar refractivity (Wildman–Crippen MR) is 139 cm³/mol. The van der Waals surface area contributed by atoms with Gasteiger partial charge in [-0.1, -0.05) is 12.1 Å². The van der Waals surface area contributed by atoms with Crippen LogP contribution in [0.25, 0.3) is 11.0 Å². The van der Waals surface area contributed by atoms with Crippen LogP contribution in [0, 0.1) is 0 Å². The average Bonchev–Trinajstić information content (AvgIpc) is 3.25. The lowest BCUT2D eigenvalue weighted by molar-refractivity contribution is -0.116. The monoisotopic (exact) mass is 512 g/mol. The second-order valence-electron chi connectivity index (χ2n) is 8.13. The van der Waals surface area contributed by atoms with Gasteiger partial charge in [0.05, 0.1) is 25.3 Å². The minimum Gasteiger partial charge on any atom is -0.489 e. The van der Waals surface area contributed by atoms with Crippen LogP contribution in [0.2, 0.25) is 0 Å². The Morgan fingerprint density at radius 1 is 1.19 bits per heavy atom. The van der Waals surface area contributed by atoms with Gasteiger partial charge in [0.2, 0.25) is 11.8 Å². The molecule has 3 amide bonds. The van der Waals surface area contributed by atoms with Gasteiger partial charge in [-0.2, -0.15) is 0 Å². The minimum atomic E-state index is -0.745. The molecule has 198 valence electrons. The van der Waals surface area contributed by atoms with Crippen molar-refractivity contribution in [3.05, 3.63) is 64.9 Å². The first-order valence-electron chi connectivity index (χ1n) is 11.5. The van der Waals surface area contributed by atoms with Crippen LogP contribution in [0.1, 0.15) is 38.9 Å². The number of amides is 3. The van der Waals surface area contributed by atoms with Crippen molar-refractivity contribution in [2.24, 2.45) is 11.5 Å². The number of methoxy groups -OCH3 is 1. The van der Waals surface area contributed by atoms with E-state index in [1.54, 1.807) is 24.4 Å². The molecular weight excluding hydrogens is 480 g/mol. The van der Waals surface area contributed by atoms with Crippen molar-refractivity contribution in [1.82, 2.24) is 14.5 Å². The Morgan fingerprint density at radius 2 is 1.92 bits per heavy atom. The SMILES string of the molecule is CC(C)Oc1cccc2[nH]c(Cn3cccc(NC(=O)CCC/C=C/C(N)=O)c3=O)nc12.COC(N)=O. The van der Waals surface area contributed by atoms with Gasteiger partial charge < -0.3 is 35.8 Å². The van der Waals surface area contributed by atoms with Crippen LogP contribution in [-0.4, -0.2) is 45.7 Å². The quantitative estimate of drug-likeness (QED) is 0.237. The van der Waals surface area contributed by atoms with E-state index < -0.39 is 12.0 Å². The third-order valence-corrected chi connectivity index (χ3v) is 4.76. The first-order chi connectivity index (χ1) is 17.6. The van der Waals surface area contributed by atoms with Crippen LogP contribution in [0.4, 0.5) is 10.5 Å². The van der Waals surface area contributed by atoms with Gasteiger partial charge in [0.15, 0.2) is 0 Å². The third-order valence-electron chi connectivity index (χ3n) is 4.76. The van der Waals surface area contributed by atoms with Crippen molar-refractivity contribution < 1.29 is 23.9 Å². The number of nitrogens with one attached hydrogen (secondary N) is 2. The Labute approximate surface area is 213 Å². The largest absolute Gasteiger partial charge is 0.489 e. The number of imidazole rings is 1. The lowest BCUT2D eigenvalue weighted by Gasteiger charge is -2.09. The van der Waals surface area contributed by atoms with E-state index in [4.69, 9.17) is 10.5 Å². The molecule has 0 spiro atoms. The molecule has 0 radical (unpaired) electrons. The number of allylic oxidation sites excluding steroid dienone is 1. The fourth-order valence-electron chi connectivity index (χ4n) is 3.19. The number of para-hydroxylation sites is 1. The van der Waals surface area contributed by atoms with Gasteiger partial charge in [-0.3, -0.25) is 14.4 Å². The average molecular weight is 513 g/mol. The molecule has 0 bridgehead atoms. The Balaban J connectivity index is 0.000000877. The topological polar surface area (TPSA) is 184 Å². The molecule has 12 nitrogen and oxygen atoms in total. The molecule has 0 saturated carbocycles. The van der Waals surface area contributed by atoms with Gasteiger partial charge >= 0.3 is 6.09 Å². The normalized spacial score (nSPS) is 10.7. The number of pyridine rings is 1. The number of H-pyrrole nitrogens is 1. The smallest absolute Gasteiger partial charge is 0.404 e. The number of primary amides is 2. The molecule has 6 N–H and O–H groups in total. The lowest BCUT2D eigenvalue weighted by Crippen LogP contribution is -2.26. The van der Waals surface area contributed by atoms with E-state index in [9.17, 15) is 19.2 Å². The Bertz CT molecular complexity index is 1310. The number of carbonyl (C=O) groups excluding carboxylic acids is 3. The van der Waals surface area contributed by atoms with E-state index in [2.05, 4.69) is 25.8 Å². The molecule has 2 heterocycles. The number of unbranched alkanes of at least 4 members (excludes halogenated alkanes) is 1. The molecule has 1 aromatic carbocycles. The Kier molecular flexibility index (Phi) is 10.9. The summed E-state index contributed by atoms with van der Waals surface area (Å²) < 4.78 is 11.2. The number of aromatic amines is 1. The van der Waals surface area contributed by atoms with Crippen molar-refractivity contribution >= 4 is 34.6 Å². The summed E-state index contributed by atoms with van der Waals surface area (Å²) in [5, 5.41) is 2.65. The van der Waals surface area contributed by atoms with Gasteiger partial charge in [-0.05, 0) is 57.0 Å². The van der Waals surface area contributed by atoms with Crippen LogP contribution in [0.5, 0.6) is 5.75 Å². The summed E-state index contributed by atoms with van der Waals surface area (Å²) in [6.07, 6.45) is 5.11. The van der Waals surface area contributed by atoms with E-state index in [0.29, 0.717) is 29.9 Å². The molecule has 0 unspecified atom stereocenters. The van der Waals surface area contributed by atoms with Gasteiger partial charge in [0.1, 0.15) is 22.8 Å². The maximum absolute atomic E-state index is 12.8. The second kappa shape index (κ2) is 14.1. The molecule has 2 aromatic heterocycles. The molecule has 37 heavy (non-hydrogen) atoms. The van der Waals surface area contributed by atoms with Crippen LogP contribution in [0.3, 0.4) is 0 Å². The highest BCUT2D eigenvalue weighted by Gasteiger charge is 2.12. The Morgan fingerprint density at radius 3 is 2.57 bits per heavy atom. The van der Waals surface area contributed by atoms with Crippen molar-refractivity contribution in [2.75, 3.05) is 12.4 Å². The van der Waals surface area contributed by atoms with Crippen LogP contribution in [0.15, 0.2) is 53.5 Å². The van der Waals surface area contributed by atoms with Gasteiger partial charge in [0, 0.05) is 12.6 Å². The molecule has 0 fully saturated rings. The van der Waals surface area contributed by atoms with Crippen LogP contribution in [-0.2, 0) is 20.9 Å². The molecule has 3 rings (SSSR count). The Hall–Kier alpha value is -4.61. The number of carbonyl (C=O) groups is 3. The zero-order valence-corrected chi connectivity index (χ0v) is 21.0. The first-order valence-corrected chi connectivity index (χ1v) is 11.5. The van der Waals surface area contributed by atoms with E-state index in [1.807, 2.05) is 32.0 Å². The number of nitrogens with two attached hydrogens (primary N) is 2. The highest BCUT2D eigenvalue weighted by atomic mass is 16.5. The van der Waals surface area contributed by atoms with Crippen LogP contribution < -0.4 is 27.1 Å². The highest BCUT2D eigenvalue weighted by molar-refractivity contribution is 5.90. The van der Waals surface area contributed by atoms with E-state index in [1.165, 1.54) is 17.8 Å². The zero-order chi connectivity index (χ0) is 27.4. The molecule has 0 atom stereocenters. The minimum absolute atomic E-state index is 0.0165. The number of ether oxygens (including phenoxy) is 2. The van der Waals surface area contributed by atoms with Gasteiger partial charge in [0.25, 0.3) is 5.56 Å². The van der Waals surface area contributed by atoms with E-state index in [-0.39, 0.29) is 36.2 Å². The zero-order valence-electron chi connectivity index (χ0n) is 21.0. The summed E-state index contributed by atoms with van der Waals surface area (Å²) in [6.45, 7) is 4.11. The fraction of sp³-hybridized carbons (Fsp3) is 0.320. The van der Waals surface area contributed by atoms with Crippen molar-refractivity contribution in [3.8, 4) is 5.75 Å². The maximum atomic E-state index is 12.8. The highest BCUT2D eigenvalue weighted by Crippen LogP contribution is 2.24. The number of hydrogen-bond donors (Lipinski definition) is 4. The molecular formula is C25H32N6O6. The van der Waals surface area contributed by atoms with Crippen molar-refractivity contribution in [1.29, 1.82) is 0 Å². The van der Waals surface area contributed by atoms with Crippen LogP contribution >= 0.6 is 0 Å². The molecule has 3 aromatic rings. The summed E-state index contributed by atoms with van der Waals surface area (Å²) in [7, 11) is 1.22. The molecule has 0 aliphatic rings. The second-order valence-corrected chi connectivity index (χ2v) is 8.13. The standard InChI is InChI=1S/C23H27N5O4.C2H5NO2/c1-15(2)32-18-10-6-8-16-22(18)27-20(25-16)14-28-13-7-9-17(23(28)31)26-21(30)12-5-3-4-11-19(24)29;1-5-2(3)4/h4,6-11,13,15H,3,5,12,14H2,1-2H3,(H2,24,29)(H,25,27)(H,26,30);1H3,(H2,3,4)/b11-4+;. The number of nitrogens with zero attached hydrogens (tertiary/aromatic N) is 2. The number of hydrogen-bond acceptors (Lipinski definition) is 7.